The van der Waals surface area contributed by atoms with E-state index in [1.54, 1.807) is 13.0 Å². The van der Waals surface area contributed by atoms with Gasteiger partial charge in [-0.15, -0.1) is 0 Å². The van der Waals surface area contributed by atoms with Gasteiger partial charge in [0.15, 0.2) is 23.6 Å². The fraction of sp³-hybridized carbons (Fsp3) is 0.545. The molecule has 1 N–H and O–H groups in total. The van der Waals surface area contributed by atoms with Crippen LogP contribution in [0.15, 0.2) is 36.5 Å². The van der Waals surface area contributed by atoms with Gasteiger partial charge < -0.3 is 19.3 Å². The monoisotopic (exact) mass is 420 g/mol. The Morgan fingerprint density at radius 1 is 1.30 bits per heavy atom. The lowest BCUT2D eigenvalue weighted by Gasteiger charge is -2.39. The average molecular weight is 420 g/mol. The van der Waals surface area contributed by atoms with Crippen LogP contribution in [0.3, 0.4) is 0 Å². The minimum absolute atomic E-state index is 0.0206. The van der Waals surface area contributed by atoms with Gasteiger partial charge >= 0.3 is 17.9 Å². The van der Waals surface area contributed by atoms with Crippen LogP contribution in [0.1, 0.15) is 40.5 Å². The quantitative estimate of drug-likeness (QED) is 0.317. The second-order valence-electron chi connectivity index (χ2n) is 8.20. The van der Waals surface area contributed by atoms with Gasteiger partial charge in [0.2, 0.25) is 0 Å². The molecule has 1 aliphatic heterocycles. The Balaban J connectivity index is 2.62. The maximum absolute atomic E-state index is 12.8. The largest absolute Gasteiger partial charge is 0.458 e. The van der Waals surface area contributed by atoms with Gasteiger partial charge in [0.25, 0.3) is 0 Å². The van der Waals surface area contributed by atoms with Crippen LogP contribution in [-0.4, -0.2) is 52.7 Å². The molecule has 2 aliphatic rings. The summed E-state index contributed by atoms with van der Waals surface area (Å²) < 4.78 is 16.3. The van der Waals surface area contributed by atoms with Crippen LogP contribution in [0.25, 0.3) is 0 Å². The zero-order valence-corrected chi connectivity index (χ0v) is 17.7. The third kappa shape index (κ3) is 5.05. The molecule has 8 heteroatoms. The minimum Gasteiger partial charge on any atom is -0.458 e. The van der Waals surface area contributed by atoms with Crippen LogP contribution in [0.4, 0.5) is 0 Å². The number of aliphatic hydroxyl groups is 1. The summed E-state index contributed by atoms with van der Waals surface area (Å²) in [6.45, 7) is 13.1. The summed E-state index contributed by atoms with van der Waals surface area (Å²) in [4.78, 5) is 49.3. The molecule has 1 aliphatic carbocycles. The van der Waals surface area contributed by atoms with Crippen LogP contribution in [-0.2, 0) is 33.4 Å². The molecule has 8 nitrogen and oxygen atoms in total. The van der Waals surface area contributed by atoms with Gasteiger partial charge in [-0.2, -0.15) is 0 Å². The van der Waals surface area contributed by atoms with E-state index in [4.69, 9.17) is 14.2 Å². The maximum Gasteiger partial charge on any atom is 0.334 e. The fourth-order valence-corrected chi connectivity index (χ4v) is 3.70. The van der Waals surface area contributed by atoms with Crippen molar-refractivity contribution in [2.45, 2.75) is 64.4 Å². The Bertz CT molecular complexity index is 806. The first-order valence-corrected chi connectivity index (χ1v) is 9.70. The normalized spacial score (nSPS) is 35.1. The predicted octanol–water partition coefficient (Wildman–Crippen LogP) is 1.81. The van der Waals surface area contributed by atoms with Crippen molar-refractivity contribution in [3.63, 3.8) is 0 Å². The molecule has 0 spiro atoms. The first-order chi connectivity index (χ1) is 13.8. The smallest absolute Gasteiger partial charge is 0.334 e. The average Bonchev–Trinajstić information content (AvgIpc) is 2.87. The van der Waals surface area contributed by atoms with Crippen molar-refractivity contribution in [1.82, 2.24) is 0 Å². The first kappa shape index (κ1) is 23.5. The number of hydrogen-bond donors (Lipinski definition) is 1. The molecule has 1 unspecified atom stereocenters. The van der Waals surface area contributed by atoms with E-state index in [-0.39, 0.29) is 17.9 Å². The Hall–Kier alpha value is -2.74. The van der Waals surface area contributed by atoms with Crippen molar-refractivity contribution in [2.24, 2.45) is 11.8 Å². The lowest BCUT2D eigenvalue weighted by molar-refractivity contribution is -0.196. The Labute approximate surface area is 175 Å². The molecule has 0 bridgehead atoms. The molecule has 1 heterocycles. The van der Waals surface area contributed by atoms with Crippen molar-refractivity contribution in [2.75, 3.05) is 0 Å². The van der Waals surface area contributed by atoms with Gasteiger partial charge in [-0.05, 0) is 32.3 Å². The number of ketones is 1. The fourth-order valence-electron chi connectivity index (χ4n) is 3.70. The van der Waals surface area contributed by atoms with Crippen molar-refractivity contribution in [1.29, 1.82) is 0 Å². The number of carbonyl (C=O) groups excluding carboxylic acids is 4. The van der Waals surface area contributed by atoms with E-state index in [0.29, 0.717) is 12.0 Å². The summed E-state index contributed by atoms with van der Waals surface area (Å²) in [6.07, 6.45) is -0.754. The summed E-state index contributed by atoms with van der Waals surface area (Å²) in [6, 6.07) is 0. The molecule has 164 valence electrons. The summed E-state index contributed by atoms with van der Waals surface area (Å²) in [5, 5.41) is 11.1. The minimum atomic E-state index is -2.24. The van der Waals surface area contributed by atoms with Gasteiger partial charge in [-0.3, -0.25) is 14.4 Å². The molecule has 0 radical (unpaired) electrons. The highest BCUT2D eigenvalue weighted by atomic mass is 16.6. The summed E-state index contributed by atoms with van der Waals surface area (Å²) >= 11 is 0. The first-order valence-electron chi connectivity index (χ1n) is 9.70. The molecule has 0 saturated carbocycles. The zero-order valence-electron chi connectivity index (χ0n) is 17.7. The third-order valence-corrected chi connectivity index (χ3v) is 5.22. The molecular formula is C22H28O8. The number of carbonyl (C=O) groups is 4. The number of fused-ring (bicyclic) bond motifs is 1. The zero-order chi connectivity index (χ0) is 22.8. The summed E-state index contributed by atoms with van der Waals surface area (Å²) in [5.74, 6) is -3.99. The number of allylic oxidation sites excluding steroid dienone is 1. The third-order valence-electron chi connectivity index (χ3n) is 5.22. The van der Waals surface area contributed by atoms with Crippen LogP contribution >= 0.6 is 0 Å². The van der Waals surface area contributed by atoms with Gasteiger partial charge in [-0.1, -0.05) is 31.7 Å². The predicted molar refractivity (Wildman–Crippen MR) is 106 cm³/mol. The highest BCUT2D eigenvalue weighted by Gasteiger charge is 2.55. The molecule has 30 heavy (non-hydrogen) atoms. The molecule has 6 atom stereocenters. The standard InChI is InChI=1S/C22H28O8/c1-11(2)9-17(25)30-20-19(28-14(5)23)18-13(4)21(26)29-15(18)10-12(3)7-8-16(24)22(20,6)27/h7-8,12,15,18-20,27H,1,4,9-10H2,2-3,5-6H3/b8-7-/t12?,15-,18+,19+,20-,22-/m1/s1. The van der Waals surface area contributed by atoms with E-state index in [1.165, 1.54) is 13.0 Å². The summed E-state index contributed by atoms with van der Waals surface area (Å²) in [7, 11) is 0. The van der Waals surface area contributed by atoms with E-state index in [9.17, 15) is 24.3 Å². The molecule has 0 aromatic heterocycles. The van der Waals surface area contributed by atoms with Crippen molar-refractivity contribution in [3.05, 3.63) is 36.5 Å². The molecule has 0 aromatic rings. The van der Waals surface area contributed by atoms with Crippen molar-refractivity contribution < 1.29 is 38.5 Å². The SMILES string of the molecule is C=C(C)CC(=O)O[C@@H]1[C@@H](OC(C)=O)[C@H]2C(=C)C(=O)O[C@@H]2CC(C)/C=C\C(=O)[C@@]1(C)O. The van der Waals surface area contributed by atoms with Crippen LogP contribution in [0, 0.1) is 11.8 Å². The van der Waals surface area contributed by atoms with Crippen LogP contribution < -0.4 is 0 Å². The Kier molecular flexibility index (Phi) is 7.02. The lowest BCUT2D eigenvalue weighted by Crippen LogP contribution is -2.58. The van der Waals surface area contributed by atoms with E-state index >= 15 is 0 Å². The van der Waals surface area contributed by atoms with E-state index in [1.807, 2.05) is 6.92 Å². The van der Waals surface area contributed by atoms with Gasteiger partial charge in [-0.25, -0.2) is 4.79 Å². The molecule has 2 rings (SSSR count). The molecule has 0 aromatic carbocycles. The van der Waals surface area contributed by atoms with Crippen molar-refractivity contribution in [3.8, 4) is 0 Å². The van der Waals surface area contributed by atoms with E-state index < -0.39 is 53.5 Å². The highest BCUT2D eigenvalue weighted by Crippen LogP contribution is 2.40. The topological polar surface area (TPSA) is 116 Å². The second kappa shape index (κ2) is 8.95. The number of esters is 3. The Morgan fingerprint density at radius 3 is 2.50 bits per heavy atom. The molecule has 0 amide bonds. The molecule has 1 fully saturated rings. The number of hydrogen-bond acceptors (Lipinski definition) is 8. The summed E-state index contributed by atoms with van der Waals surface area (Å²) in [5.41, 5.74) is -1.72. The molecule has 1 saturated heterocycles. The van der Waals surface area contributed by atoms with Crippen LogP contribution in [0.5, 0.6) is 0 Å². The Morgan fingerprint density at radius 2 is 1.93 bits per heavy atom. The molecular weight excluding hydrogens is 392 g/mol. The maximum atomic E-state index is 12.8. The van der Waals surface area contributed by atoms with Gasteiger partial charge in [0.05, 0.1) is 12.3 Å². The van der Waals surface area contributed by atoms with Gasteiger partial charge in [0, 0.05) is 12.5 Å². The van der Waals surface area contributed by atoms with E-state index in [0.717, 1.165) is 6.92 Å². The highest BCUT2D eigenvalue weighted by molar-refractivity contribution is 5.97. The lowest BCUT2D eigenvalue weighted by atomic mass is 9.77. The second-order valence-corrected chi connectivity index (χ2v) is 8.20. The van der Waals surface area contributed by atoms with E-state index in [2.05, 4.69) is 13.2 Å². The number of ether oxygens (including phenoxy) is 3. The van der Waals surface area contributed by atoms with Gasteiger partial charge in [0.1, 0.15) is 6.10 Å². The van der Waals surface area contributed by atoms with Crippen molar-refractivity contribution >= 4 is 23.7 Å². The van der Waals surface area contributed by atoms with Crippen LogP contribution in [0.2, 0.25) is 0 Å². The number of rotatable bonds is 4.